The van der Waals surface area contributed by atoms with Gasteiger partial charge in [0.2, 0.25) is 0 Å². The van der Waals surface area contributed by atoms with Crippen molar-refractivity contribution in [2.75, 3.05) is 13.2 Å². The van der Waals surface area contributed by atoms with E-state index in [1.807, 2.05) is 24.3 Å². The molecule has 0 saturated carbocycles. The van der Waals surface area contributed by atoms with E-state index < -0.39 is 17.9 Å². The average Bonchev–Trinajstić information content (AvgIpc) is 3.33. The van der Waals surface area contributed by atoms with Crippen molar-refractivity contribution in [3.8, 4) is 28.7 Å². The zero-order valence-corrected chi connectivity index (χ0v) is 38.3. The van der Waals surface area contributed by atoms with E-state index in [1.165, 1.54) is 145 Å². The highest BCUT2D eigenvalue weighted by Gasteiger charge is 2.14. The summed E-state index contributed by atoms with van der Waals surface area (Å²) in [6, 6.07) is 33.3. The quantitative estimate of drug-likeness (QED) is 0.0193. The van der Waals surface area contributed by atoms with E-state index in [0.717, 1.165) is 25.0 Å². The van der Waals surface area contributed by atoms with E-state index in [2.05, 4.69) is 24.1 Å². The molecule has 0 unspecified atom stereocenters. The molecule has 0 aromatic heterocycles. The molecule has 344 valence electrons. The standard InChI is InChI=1S/C55H66N2O8/c1-3-5-7-9-11-13-14-16-18-19-41-61-48-31-21-43(22-32-48)53(58)63-50-33-23-44(24-34-50)54(59)64-51-35-25-45(26-36-51)55(60)65-52-39-29-47(30-40-52)57-56-46-27-37-49(38-28-46)62-42-20-17-15-12-10-8-6-4-2/h21-40H,3-20,41-42H2,1-2H3. The first kappa shape index (κ1) is 49.7. The summed E-state index contributed by atoms with van der Waals surface area (Å²) < 4.78 is 28.3. The summed E-state index contributed by atoms with van der Waals surface area (Å²) in [4.78, 5) is 38.5. The SMILES string of the molecule is CCCCCCCCCCCCOc1ccc(C(=O)Oc2ccc(C(=O)Oc3ccc(C(=O)Oc4ccc(N=Nc5ccc(OCCCCCCCCCC)cc5)cc4)cc3)cc2)cc1. The molecule has 10 nitrogen and oxygen atoms in total. The van der Waals surface area contributed by atoms with E-state index >= 15 is 0 Å². The van der Waals surface area contributed by atoms with Crippen LogP contribution in [0.3, 0.4) is 0 Å². The molecular weight excluding hydrogens is 817 g/mol. The summed E-state index contributed by atoms with van der Waals surface area (Å²) >= 11 is 0. The minimum absolute atomic E-state index is 0.244. The Hall–Kier alpha value is -6.29. The largest absolute Gasteiger partial charge is 0.494 e. The Morgan fingerprint density at radius 1 is 0.323 bits per heavy atom. The van der Waals surface area contributed by atoms with E-state index in [1.54, 1.807) is 48.5 Å². The number of azo groups is 1. The van der Waals surface area contributed by atoms with Crippen LogP contribution in [0.1, 0.15) is 160 Å². The third-order valence-electron chi connectivity index (χ3n) is 10.9. The molecule has 5 aromatic rings. The molecular formula is C55H66N2O8. The Kier molecular flexibility index (Phi) is 22.3. The van der Waals surface area contributed by atoms with Crippen molar-refractivity contribution in [3.63, 3.8) is 0 Å². The number of esters is 3. The molecule has 0 aliphatic heterocycles. The molecule has 10 heteroatoms. The predicted molar refractivity (Wildman–Crippen MR) is 257 cm³/mol. The fraction of sp³-hybridized carbons (Fsp3) is 0.400. The summed E-state index contributed by atoms with van der Waals surface area (Å²) in [5, 5.41) is 8.60. The molecule has 0 N–H and O–H groups in total. The van der Waals surface area contributed by atoms with E-state index in [-0.39, 0.29) is 22.6 Å². The van der Waals surface area contributed by atoms with E-state index in [4.69, 9.17) is 23.7 Å². The van der Waals surface area contributed by atoms with Crippen molar-refractivity contribution in [2.24, 2.45) is 10.2 Å². The topological polar surface area (TPSA) is 122 Å². The monoisotopic (exact) mass is 882 g/mol. The molecule has 0 atom stereocenters. The van der Waals surface area contributed by atoms with Crippen LogP contribution in [0.25, 0.3) is 0 Å². The second-order valence-electron chi connectivity index (χ2n) is 16.3. The number of nitrogens with zero attached hydrogens (tertiary/aromatic N) is 2. The fourth-order valence-corrected chi connectivity index (χ4v) is 7.01. The molecule has 0 amide bonds. The van der Waals surface area contributed by atoms with Crippen LogP contribution in [0.5, 0.6) is 28.7 Å². The fourth-order valence-electron chi connectivity index (χ4n) is 7.01. The number of rotatable bonds is 30. The summed E-state index contributed by atoms with van der Waals surface area (Å²) in [6.45, 7) is 5.84. The van der Waals surface area contributed by atoms with Crippen LogP contribution in [0.4, 0.5) is 11.4 Å². The number of unbranched alkanes of at least 4 members (excludes halogenated alkanes) is 16. The van der Waals surface area contributed by atoms with Gasteiger partial charge in [-0.05, 0) is 134 Å². The van der Waals surface area contributed by atoms with Gasteiger partial charge in [-0.25, -0.2) is 14.4 Å². The second-order valence-corrected chi connectivity index (χ2v) is 16.3. The van der Waals surface area contributed by atoms with Crippen molar-refractivity contribution >= 4 is 29.3 Å². The highest BCUT2D eigenvalue weighted by molar-refractivity contribution is 5.93. The Morgan fingerprint density at radius 2 is 0.569 bits per heavy atom. The Bertz CT molecular complexity index is 2150. The molecule has 0 radical (unpaired) electrons. The highest BCUT2D eigenvalue weighted by Crippen LogP contribution is 2.25. The van der Waals surface area contributed by atoms with Crippen molar-refractivity contribution in [1.29, 1.82) is 0 Å². The third-order valence-corrected chi connectivity index (χ3v) is 10.9. The molecule has 65 heavy (non-hydrogen) atoms. The molecule has 5 rings (SSSR count). The van der Waals surface area contributed by atoms with Gasteiger partial charge >= 0.3 is 17.9 Å². The molecule has 0 aliphatic carbocycles. The summed E-state index contributed by atoms with van der Waals surface area (Å²) in [5.41, 5.74) is 2.21. The first-order valence-electron chi connectivity index (χ1n) is 23.7. The van der Waals surface area contributed by atoms with E-state index in [0.29, 0.717) is 41.7 Å². The Morgan fingerprint density at radius 3 is 0.877 bits per heavy atom. The maximum absolute atomic E-state index is 12.9. The van der Waals surface area contributed by atoms with Crippen LogP contribution < -0.4 is 23.7 Å². The lowest BCUT2D eigenvalue weighted by Gasteiger charge is -2.09. The summed E-state index contributed by atoms with van der Waals surface area (Å²) in [5.74, 6) is 0.690. The minimum atomic E-state index is -0.612. The molecule has 0 saturated heterocycles. The van der Waals surface area contributed by atoms with Crippen LogP contribution in [0, 0.1) is 0 Å². The van der Waals surface area contributed by atoms with Gasteiger partial charge in [0, 0.05) is 0 Å². The number of carbonyl (C=O) groups excluding carboxylic acids is 3. The molecule has 0 aliphatic rings. The van der Waals surface area contributed by atoms with Gasteiger partial charge in [0.1, 0.15) is 28.7 Å². The maximum atomic E-state index is 12.9. The van der Waals surface area contributed by atoms with Crippen LogP contribution >= 0.6 is 0 Å². The van der Waals surface area contributed by atoms with Gasteiger partial charge in [-0.15, -0.1) is 0 Å². The van der Waals surface area contributed by atoms with Gasteiger partial charge in [0.05, 0.1) is 41.3 Å². The zero-order chi connectivity index (χ0) is 45.7. The molecule has 0 fully saturated rings. The molecule has 0 bridgehead atoms. The van der Waals surface area contributed by atoms with Gasteiger partial charge in [0.15, 0.2) is 0 Å². The third kappa shape index (κ3) is 19.2. The zero-order valence-electron chi connectivity index (χ0n) is 38.3. The molecule has 0 spiro atoms. The van der Waals surface area contributed by atoms with Gasteiger partial charge in [-0.2, -0.15) is 10.2 Å². The highest BCUT2D eigenvalue weighted by atomic mass is 16.5. The average molecular weight is 883 g/mol. The van der Waals surface area contributed by atoms with E-state index in [9.17, 15) is 14.4 Å². The van der Waals surface area contributed by atoms with Crippen LogP contribution in [0.2, 0.25) is 0 Å². The maximum Gasteiger partial charge on any atom is 0.343 e. The Labute approximate surface area is 385 Å². The van der Waals surface area contributed by atoms with Gasteiger partial charge in [-0.3, -0.25) is 0 Å². The van der Waals surface area contributed by atoms with Gasteiger partial charge in [-0.1, -0.05) is 117 Å². The first-order valence-corrected chi connectivity index (χ1v) is 23.7. The number of benzene rings is 5. The summed E-state index contributed by atoms with van der Waals surface area (Å²) in [6.07, 6.45) is 22.8. The lowest BCUT2D eigenvalue weighted by Crippen LogP contribution is -2.11. The molecule has 5 aromatic carbocycles. The van der Waals surface area contributed by atoms with Crippen molar-refractivity contribution in [3.05, 3.63) is 138 Å². The van der Waals surface area contributed by atoms with Crippen LogP contribution in [0.15, 0.2) is 132 Å². The predicted octanol–water partition coefficient (Wildman–Crippen LogP) is 15.6. The van der Waals surface area contributed by atoms with Crippen LogP contribution in [-0.2, 0) is 0 Å². The number of hydrogen-bond donors (Lipinski definition) is 0. The van der Waals surface area contributed by atoms with Gasteiger partial charge < -0.3 is 23.7 Å². The number of ether oxygens (including phenoxy) is 5. The summed E-state index contributed by atoms with van der Waals surface area (Å²) in [7, 11) is 0. The number of hydrogen-bond acceptors (Lipinski definition) is 10. The molecule has 0 heterocycles. The van der Waals surface area contributed by atoms with Crippen LogP contribution in [-0.4, -0.2) is 31.1 Å². The minimum Gasteiger partial charge on any atom is -0.494 e. The lowest BCUT2D eigenvalue weighted by atomic mass is 10.1. The van der Waals surface area contributed by atoms with Crippen molar-refractivity contribution in [2.45, 2.75) is 129 Å². The Balaban J connectivity index is 0.965. The van der Waals surface area contributed by atoms with Crippen molar-refractivity contribution < 1.29 is 38.1 Å². The van der Waals surface area contributed by atoms with Crippen molar-refractivity contribution in [1.82, 2.24) is 0 Å². The smallest absolute Gasteiger partial charge is 0.343 e. The first-order chi connectivity index (χ1) is 31.9. The number of carbonyl (C=O) groups is 3. The second kappa shape index (κ2) is 29.2. The van der Waals surface area contributed by atoms with Gasteiger partial charge in [0.25, 0.3) is 0 Å². The normalized spacial score (nSPS) is 11.0. The lowest BCUT2D eigenvalue weighted by molar-refractivity contribution is 0.0725.